The summed E-state index contributed by atoms with van der Waals surface area (Å²) >= 11 is 0. The van der Waals surface area contributed by atoms with E-state index in [2.05, 4.69) is 31.4 Å². The first-order valence-corrected chi connectivity index (χ1v) is 8.70. The second-order valence-corrected chi connectivity index (χ2v) is 7.32. The van der Waals surface area contributed by atoms with Crippen LogP contribution in [0.2, 0.25) is 0 Å². The quantitative estimate of drug-likeness (QED) is 0.843. The molecule has 0 bridgehead atoms. The number of nitrogens with one attached hydrogen (secondary N) is 1. The largest absolute Gasteiger partial charge is 0.342 e. The number of hydrogen-bond acceptors (Lipinski definition) is 3. The van der Waals surface area contributed by atoms with Crippen LogP contribution >= 0.6 is 0 Å². The third kappa shape index (κ3) is 3.80. The van der Waals surface area contributed by atoms with Gasteiger partial charge in [0, 0.05) is 31.8 Å². The van der Waals surface area contributed by atoms with E-state index in [1.165, 1.54) is 0 Å². The average Bonchev–Trinajstić information content (AvgIpc) is 2.74. The first-order valence-electron chi connectivity index (χ1n) is 8.70. The SMILES string of the molecule is CCCC(C)C(=O)N1CCC2(CC1)[N]C(=O)C(CC(C)C)N2. The lowest BCUT2D eigenvalue weighted by Crippen LogP contribution is -2.56. The van der Waals surface area contributed by atoms with E-state index < -0.39 is 5.66 Å². The summed E-state index contributed by atoms with van der Waals surface area (Å²) in [7, 11) is 0. The Balaban J connectivity index is 1.89. The molecule has 2 aliphatic rings. The number of likely N-dealkylation sites (tertiary alicyclic amines) is 1. The number of carbonyl (C=O) groups is 2. The Morgan fingerprint density at radius 3 is 2.55 bits per heavy atom. The lowest BCUT2D eigenvalue weighted by atomic mass is 9.95. The fourth-order valence-corrected chi connectivity index (χ4v) is 3.56. The molecule has 2 atom stereocenters. The summed E-state index contributed by atoms with van der Waals surface area (Å²) < 4.78 is 0. The Labute approximate surface area is 134 Å². The number of amides is 2. The molecule has 5 heteroatoms. The maximum Gasteiger partial charge on any atom is 0.260 e. The van der Waals surface area contributed by atoms with Gasteiger partial charge in [-0.1, -0.05) is 34.1 Å². The van der Waals surface area contributed by atoms with Gasteiger partial charge in [0.25, 0.3) is 5.91 Å². The molecule has 2 unspecified atom stereocenters. The van der Waals surface area contributed by atoms with Crippen LogP contribution in [0.3, 0.4) is 0 Å². The van der Waals surface area contributed by atoms with Crippen molar-refractivity contribution in [2.45, 2.75) is 71.5 Å². The van der Waals surface area contributed by atoms with E-state index in [0.29, 0.717) is 19.0 Å². The third-order valence-corrected chi connectivity index (χ3v) is 4.82. The Bertz CT molecular complexity index is 414. The summed E-state index contributed by atoms with van der Waals surface area (Å²) in [5.74, 6) is 0.818. The van der Waals surface area contributed by atoms with Crippen molar-refractivity contribution in [1.29, 1.82) is 0 Å². The van der Waals surface area contributed by atoms with Crippen molar-refractivity contribution in [2.75, 3.05) is 13.1 Å². The van der Waals surface area contributed by atoms with E-state index >= 15 is 0 Å². The van der Waals surface area contributed by atoms with Crippen molar-refractivity contribution >= 4 is 11.8 Å². The van der Waals surface area contributed by atoms with Crippen LogP contribution in [0.25, 0.3) is 0 Å². The number of hydrogen-bond donors (Lipinski definition) is 1. The molecule has 2 heterocycles. The zero-order valence-electron chi connectivity index (χ0n) is 14.4. The molecule has 1 radical (unpaired) electrons. The molecule has 1 N–H and O–H groups in total. The fourth-order valence-electron chi connectivity index (χ4n) is 3.56. The number of carbonyl (C=O) groups excluding carboxylic acids is 2. The minimum Gasteiger partial charge on any atom is -0.342 e. The predicted octanol–water partition coefficient (Wildman–Crippen LogP) is 1.89. The smallest absolute Gasteiger partial charge is 0.260 e. The molecule has 1 spiro atoms. The third-order valence-electron chi connectivity index (χ3n) is 4.82. The summed E-state index contributed by atoms with van der Waals surface area (Å²) in [5, 5.41) is 7.85. The molecular weight excluding hydrogens is 278 g/mol. The molecule has 125 valence electrons. The van der Waals surface area contributed by atoms with Crippen molar-refractivity contribution in [3.63, 3.8) is 0 Å². The van der Waals surface area contributed by atoms with Crippen molar-refractivity contribution in [3.8, 4) is 0 Å². The summed E-state index contributed by atoms with van der Waals surface area (Å²) in [6.07, 6.45) is 4.31. The average molecular weight is 308 g/mol. The predicted molar refractivity (Wildman–Crippen MR) is 86.1 cm³/mol. The molecule has 2 saturated heterocycles. The molecule has 0 aliphatic carbocycles. The molecule has 2 rings (SSSR count). The maximum atomic E-state index is 12.4. The maximum absolute atomic E-state index is 12.4. The molecular formula is C17H30N3O2. The zero-order valence-corrected chi connectivity index (χ0v) is 14.4. The monoisotopic (exact) mass is 308 g/mol. The van der Waals surface area contributed by atoms with Crippen LogP contribution in [0, 0.1) is 11.8 Å². The molecule has 0 aromatic heterocycles. The van der Waals surface area contributed by atoms with Crippen LogP contribution in [0.1, 0.15) is 59.8 Å². The Hall–Kier alpha value is -1.10. The van der Waals surface area contributed by atoms with Crippen molar-refractivity contribution < 1.29 is 9.59 Å². The Morgan fingerprint density at radius 1 is 1.36 bits per heavy atom. The highest BCUT2D eigenvalue weighted by Gasteiger charge is 2.47. The molecule has 2 amide bonds. The highest BCUT2D eigenvalue weighted by Crippen LogP contribution is 2.28. The minimum atomic E-state index is -0.415. The highest BCUT2D eigenvalue weighted by molar-refractivity contribution is 5.85. The van der Waals surface area contributed by atoms with Gasteiger partial charge >= 0.3 is 0 Å². The normalized spacial score (nSPS) is 25.6. The van der Waals surface area contributed by atoms with Gasteiger partial charge in [0.05, 0.1) is 6.04 Å². The lowest BCUT2D eigenvalue weighted by Gasteiger charge is -2.39. The van der Waals surface area contributed by atoms with Gasteiger partial charge in [0.1, 0.15) is 5.66 Å². The molecule has 22 heavy (non-hydrogen) atoms. The van der Waals surface area contributed by atoms with Crippen molar-refractivity contribution in [1.82, 2.24) is 15.5 Å². The number of nitrogens with zero attached hydrogens (tertiary/aromatic N) is 2. The summed E-state index contributed by atoms with van der Waals surface area (Å²) in [4.78, 5) is 26.4. The summed E-state index contributed by atoms with van der Waals surface area (Å²) in [6, 6.07) is -0.138. The Kier molecular flexibility index (Phi) is 5.48. The van der Waals surface area contributed by atoms with Gasteiger partial charge in [0.2, 0.25) is 5.91 Å². The van der Waals surface area contributed by atoms with Crippen LogP contribution in [0.15, 0.2) is 0 Å². The summed E-state index contributed by atoms with van der Waals surface area (Å²) in [5.41, 5.74) is -0.415. The van der Waals surface area contributed by atoms with E-state index in [9.17, 15) is 9.59 Å². The van der Waals surface area contributed by atoms with Crippen molar-refractivity contribution in [2.24, 2.45) is 11.8 Å². The van der Waals surface area contributed by atoms with E-state index in [0.717, 1.165) is 32.1 Å². The van der Waals surface area contributed by atoms with E-state index in [1.807, 2.05) is 11.8 Å². The van der Waals surface area contributed by atoms with Crippen molar-refractivity contribution in [3.05, 3.63) is 0 Å². The van der Waals surface area contributed by atoms with Gasteiger partial charge in [-0.3, -0.25) is 14.9 Å². The van der Waals surface area contributed by atoms with Crippen LogP contribution < -0.4 is 10.6 Å². The lowest BCUT2D eigenvalue weighted by molar-refractivity contribution is -0.137. The van der Waals surface area contributed by atoms with Gasteiger partial charge in [0.15, 0.2) is 0 Å². The van der Waals surface area contributed by atoms with Crippen LogP contribution in [0.4, 0.5) is 0 Å². The minimum absolute atomic E-state index is 0.00664. The fraction of sp³-hybridized carbons (Fsp3) is 0.882. The zero-order chi connectivity index (χ0) is 16.3. The van der Waals surface area contributed by atoms with Gasteiger partial charge in [-0.15, -0.1) is 0 Å². The van der Waals surface area contributed by atoms with Crippen LogP contribution in [-0.2, 0) is 9.59 Å². The highest BCUT2D eigenvalue weighted by atomic mass is 16.2. The molecule has 2 aliphatic heterocycles. The second kappa shape index (κ2) is 6.99. The van der Waals surface area contributed by atoms with Gasteiger partial charge in [-0.25, -0.2) is 5.32 Å². The molecule has 0 aromatic carbocycles. The van der Waals surface area contributed by atoms with Gasteiger partial charge in [-0.2, -0.15) is 0 Å². The Morgan fingerprint density at radius 2 is 2.00 bits per heavy atom. The molecule has 0 saturated carbocycles. The second-order valence-electron chi connectivity index (χ2n) is 7.32. The van der Waals surface area contributed by atoms with E-state index in [-0.39, 0.29) is 23.8 Å². The first kappa shape index (κ1) is 17.3. The van der Waals surface area contributed by atoms with Gasteiger partial charge < -0.3 is 4.90 Å². The number of rotatable bonds is 5. The number of piperidine rings is 1. The van der Waals surface area contributed by atoms with Gasteiger partial charge in [-0.05, 0) is 18.8 Å². The van der Waals surface area contributed by atoms with Crippen LogP contribution in [-0.4, -0.2) is 41.5 Å². The van der Waals surface area contributed by atoms with Crippen LogP contribution in [0.5, 0.6) is 0 Å². The molecule has 0 aromatic rings. The molecule has 5 nitrogen and oxygen atoms in total. The topological polar surface area (TPSA) is 63.5 Å². The summed E-state index contributed by atoms with van der Waals surface area (Å²) in [6.45, 7) is 9.76. The van der Waals surface area contributed by atoms with E-state index in [1.54, 1.807) is 0 Å². The van der Waals surface area contributed by atoms with E-state index in [4.69, 9.17) is 0 Å². The molecule has 2 fully saturated rings. The standard InChI is InChI=1S/C17H30N3O2/c1-5-6-13(4)16(22)20-9-7-17(8-10-20)18-14(11-12(2)3)15(21)19-17/h12-14,18H,5-11H2,1-4H3. The first-order chi connectivity index (χ1) is 10.4.